The van der Waals surface area contributed by atoms with Gasteiger partial charge in [0.1, 0.15) is 19.2 Å². The Bertz CT molecular complexity index is 2040. The molecule has 0 radical (unpaired) electrons. The van der Waals surface area contributed by atoms with Crippen molar-refractivity contribution in [3.8, 4) is 17.3 Å². The van der Waals surface area contributed by atoms with Crippen molar-refractivity contribution in [3.63, 3.8) is 0 Å². The number of rotatable bonds is 6. The Balaban J connectivity index is 1.25. The number of carbonyl (C=O) groups is 2. The molecule has 198 valence electrons. The van der Waals surface area contributed by atoms with Gasteiger partial charge in [-0.3, -0.25) is 9.59 Å². The number of ketones is 1. The van der Waals surface area contributed by atoms with Crippen LogP contribution < -0.4 is 9.64 Å². The van der Waals surface area contributed by atoms with Gasteiger partial charge in [-0.25, -0.2) is 14.6 Å². The van der Waals surface area contributed by atoms with Gasteiger partial charge < -0.3 is 19.5 Å². The lowest BCUT2D eigenvalue weighted by atomic mass is 10.1. The number of pyridine rings is 1. The van der Waals surface area contributed by atoms with Gasteiger partial charge in [0, 0.05) is 36.5 Å². The molecule has 0 spiro atoms. The Hall–Kier alpha value is -5.14. The van der Waals surface area contributed by atoms with Gasteiger partial charge in [0.2, 0.25) is 5.95 Å². The predicted molar refractivity (Wildman–Crippen MR) is 139 cm³/mol. The normalized spacial score (nSPS) is 17.0. The number of nitrogens with one attached hydrogen (secondary N) is 1. The van der Waals surface area contributed by atoms with Gasteiger partial charge in [-0.2, -0.15) is 9.78 Å². The van der Waals surface area contributed by atoms with E-state index in [1.54, 1.807) is 4.90 Å². The topological polar surface area (TPSA) is 153 Å². The zero-order valence-corrected chi connectivity index (χ0v) is 20.7. The Morgan fingerprint density at radius 2 is 1.92 bits per heavy atom. The molecular weight excluding hydrogens is 502 g/mol. The minimum Gasteiger partial charge on any atom is -0.494 e. The summed E-state index contributed by atoms with van der Waals surface area (Å²) in [6, 6.07) is -1.03. The average molecular weight is 536 g/mol. The molecule has 14 heteroatoms. The number of amides is 1. The molecule has 14 nitrogen and oxygen atoms in total. The number of carbonyl (C=O) groups excluding carboxylic acids is 2. The first-order chi connectivity index (χ1) is 22.2. The SMILES string of the molecule is [2H]c1c([2H])c(-n2nnnc2N2CCN(C(=O)C(=O)c3c[nH]c4c(-n5nc(C([2H])([2H])[2H])nc5[2H])ncc(OC)c34)CC2)c([2H])c([2H])c1C. The van der Waals surface area contributed by atoms with E-state index in [-0.39, 0.29) is 95.6 Å². The van der Waals surface area contributed by atoms with Crippen LogP contribution in [-0.2, 0) is 4.79 Å². The summed E-state index contributed by atoms with van der Waals surface area (Å²) in [5.41, 5.74) is 0.206. The van der Waals surface area contributed by atoms with Crippen LogP contribution in [0.4, 0.5) is 5.95 Å². The first kappa shape index (κ1) is 16.7. The molecule has 1 aliphatic heterocycles. The lowest BCUT2D eigenvalue weighted by molar-refractivity contribution is -0.126. The van der Waals surface area contributed by atoms with Crippen molar-refractivity contribution in [2.24, 2.45) is 0 Å². The van der Waals surface area contributed by atoms with Crippen LogP contribution in [0.15, 0.2) is 42.9 Å². The number of hydrogen-bond donors (Lipinski definition) is 1. The molecule has 0 aliphatic carbocycles. The number of piperazine rings is 1. The van der Waals surface area contributed by atoms with Crippen LogP contribution >= 0.6 is 0 Å². The molecule has 1 fully saturated rings. The smallest absolute Gasteiger partial charge is 0.295 e. The highest BCUT2D eigenvalue weighted by molar-refractivity contribution is 6.45. The number of Topliss-reactive ketones (excluding diaryl/α,β-unsaturated/α-hetero) is 1. The van der Waals surface area contributed by atoms with Crippen LogP contribution in [-0.4, -0.2) is 94.8 Å². The van der Waals surface area contributed by atoms with Gasteiger partial charge in [-0.05, 0) is 36.3 Å². The summed E-state index contributed by atoms with van der Waals surface area (Å²) in [6.45, 7) is -0.630. The third kappa shape index (κ3) is 4.24. The molecule has 1 saturated heterocycles. The summed E-state index contributed by atoms with van der Waals surface area (Å²) in [5, 5.41) is 15.7. The van der Waals surface area contributed by atoms with Gasteiger partial charge >= 0.3 is 0 Å². The standard InChI is InChI=1S/C25H25N11O3/c1-15-4-6-17(7-5-15)36-25(29-31-32-36)34-10-8-33(9-11-34)24(38)22(37)18-12-26-21-20(18)19(39-3)13-27-23(21)35-14-28-16(2)30-35/h4-7,12-14,26H,8-11H2,1-3H3/i2D3,4D,5D,6D,7D,14D. The van der Waals surface area contributed by atoms with Crippen LogP contribution in [0.25, 0.3) is 22.4 Å². The van der Waals surface area contributed by atoms with E-state index in [4.69, 9.17) is 15.7 Å². The number of hydrogen-bond acceptors (Lipinski definition) is 10. The fourth-order valence-corrected chi connectivity index (χ4v) is 4.29. The number of benzene rings is 1. The van der Waals surface area contributed by atoms with E-state index in [0.29, 0.717) is 0 Å². The zero-order chi connectivity index (χ0) is 33.9. The number of nitrogens with zero attached hydrogens (tertiary/aromatic N) is 10. The summed E-state index contributed by atoms with van der Waals surface area (Å²) in [6.07, 6.45) is 2.06. The molecule has 1 amide bonds. The highest BCUT2D eigenvalue weighted by Crippen LogP contribution is 2.32. The molecule has 0 unspecified atom stereocenters. The largest absolute Gasteiger partial charge is 0.494 e. The van der Waals surface area contributed by atoms with Crippen molar-refractivity contribution in [1.82, 2.24) is 49.8 Å². The van der Waals surface area contributed by atoms with Crippen LogP contribution in [0.5, 0.6) is 5.75 Å². The zero-order valence-electron chi connectivity index (χ0n) is 28.7. The van der Waals surface area contributed by atoms with Gasteiger partial charge in [-0.1, -0.05) is 22.7 Å². The quantitative estimate of drug-likeness (QED) is 0.248. The maximum absolute atomic E-state index is 13.6. The first-order valence-corrected chi connectivity index (χ1v) is 11.7. The monoisotopic (exact) mass is 535 g/mol. The highest BCUT2D eigenvalue weighted by atomic mass is 16.5. The summed E-state index contributed by atoms with van der Waals surface area (Å²) >= 11 is 0. The molecule has 1 aromatic carbocycles. The van der Waals surface area contributed by atoms with Gasteiger partial charge in [0.25, 0.3) is 11.7 Å². The van der Waals surface area contributed by atoms with Gasteiger partial charge in [0.15, 0.2) is 5.82 Å². The summed E-state index contributed by atoms with van der Waals surface area (Å²) in [7, 11) is 1.35. The Morgan fingerprint density at radius 1 is 1.13 bits per heavy atom. The maximum atomic E-state index is 13.6. The first-order valence-electron chi connectivity index (χ1n) is 15.7. The van der Waals surface area contributed by atoms with E-state index < -0.39 is 30.7 Å². The van der Waals surface area contributed by atoms with E-state index >= 15 is 0 Å². The van der Waals surface area contributed by atoms with E-state index in [1.165, 1.54) is 31.3 Å². The molecule has 0 saturated carbocycles. The lowest BCUT2D eigenvalue weighted by Gasteiger charge is -2.34. The Labute approximate surface area is 233 Å². The molecule has 4 aromatic heterocycles. The van der Waals surface area contributed by atoms with Crippen molar-refractivity contribution >= 4 is 28.5 Å². The number of ether oxygens (including phenoxy) is 1. The highest BCUT2D eigenvalue weighted by Gasteiger charge is 2.31. The summed E-state index contributed by atoms with van der Waals surface area (Å²) in [4.78, 5) is 40.9. The fourth-order valence-electron chi connectivity index (χ4n) is 4.29. The molecule has 39 heavy (non-hydrogen) atoms. The van der Waals surface area contributed by atoms with Crippen LogP contribution in [0, 0.1) is 13.8 Å². The van der Waals surface area contributed by atoms with Crippen LogP contribution in [0.1, 0.15) is 32.7 Å². The molecule has 5 heterocycles. The van der Waals surface area contributed by atoms with Gasteiger partial charge in [-0.15, -0.1) is 0 Å². The van der Waals surface area contributed by atoms with E-state index in [0.717, 1.165) is 9.36 Å². The fraction of sp³-hybridized carbons (Fsp3) is 0.280. The average Bonchev–Trinajstić information content (AvgIpc) is 3.81. The third-order valence-corrected chi connectivity index (χ3v) is 6.21. The molecule has 5 aromatic rings. The van der Waals surface area contributed by atoms with Crippen LogP contribution in [0.3, 0.4) is 0 Å². The van der Waals surface area contributed by atoms with Crippen molar-refractivity contribution < 1.29 is 25.3 Å². The van der Waals surface area contributed by atoms with Gasteiger partial charge in [0.05, 0.1) is 40.9 Å². The second kappa shape index (κ2) is 9.63. The molecular formula is C25H25N11O3. The molecule has 6 rings (SSSR count). The number of aromatic amines is 1. The van der Waals surface area contributed by atoms with Crippen molar-refractivity contribution in [2.45, 2.75) is 13.8 Å². The maximum Gasteiger partial charge on any atom is 0.295 e. The van der Waals surface area contributed by atoms with Crippen LogP contribution in [0.2, 0.25) is 0 Å². The number of aryl methyl sites for hydroxylation is 1. The van der Waals surface area contributed by atoms with Crippen molar-refractivity contribution in [2.75, 3.05) is 38.2 Å². The summed E-state index contributed by atoms with van der Waals surface area (Å²) in [5.74, 6) is -1.96. The minimum absolute atomic E-state index is 0.0260. The molecule has 1 N–H and O–H groups in total. The van der Waals surface area contributed by atoms with E-state index in [2.05, 4.69) is 35.6 Å². The minimum atomic E-state index is -2.67. The van der Waals surface area contributed by atoms with E-state index in [9.17, 15) is 9.59 Å². The number of methoxy groups -OCH3 is 1. The van der Waals surface area contributed by atoms with Crippen molar-refractivity contribution in [1.29, 1.82) is 0 Å². The third-order valence-electron chi connectivity index (χ3n) is 6.21. The second-order valence-electron chi connectivity index (χ2n) is 8.52. The molecule has 0 atom stereocenters. The lowest BCUT2D eigenvalue weighted by Crippen LogP contribution is -2.51. The Kier molecular flexibility index (Phi) is 4.11. The Morgan fingerprint density at radius 3 is 2.64 bits per heavy atom. The second-order valence-corrected chi connectivity index (χ2v) is 8.52. The molecule has 1 aliphatic rings. The number of H-pyrrole nitrogens is 1. The number of tetrazole rings is 1. The number of aromatic nitrogens is 9. The number of anilines is 1. The molecule has 0 bridgehead atoms. The number of fused-ring (bicyclic) bond motifs is 1. The van der Waals surface area contributed by atoms with Crippen molar-refractivity contribution in [3.05, 3.63) is 59.8 Å². The summed E-state index contributed by atoms with van der Waals surface area (Å²) < 4.78 is 71.3. The van der Waals surface area contributed by atoms with E-state index in [1.807, 2.05) is 0 Å². The predicted octanol–water partition coefficient (Wildman–Crippen LogP) is 1.28.